The number of benzene rings is 3. The first-order valence-electron chi connectivity index (χ1n) is 10.5. The highest BCUT2D eigenvalue weighted by atomic mass is 35.5. The standard InChI is InChI=1S/C27H23Cl2NO4/c1-15(8-25(31)30-20-11-18(28)10-19(29)12-20)22-13-23-24(17-6-5-7-21(9-17)32-3)14-34-27(23)16(2)26(22)33-4/h5-14H,1-4H3,(H,30,31)/b15-8+. The van der Waals surface area contributed by atoms with Crippen LogP contribution in [0.1, 0.15) is 18.1 Å². The zero-order valence-corrected chi connectivity index (χ0v) is 20.7. The van der Waals surface area contributed by atoms with E-state index in [-0.39, 0.29) is 5.91 Å². The van der Waals surface area contributed by atoms with Crippen LogP contribution < -0.4 is 14.8 Å². The number of fused-ring (bicyclic) bond motifs is 1. The number of methoxy groups -OCH3 is 2. The molecule has 1 aromatic heterocycles. The second-order valence-corrected chi connectivity index (χ2v) is 8.69. The normalized spacial score (nSPS) is 11.5. The number of nitrogens with one attached hydrogen (secondary N) is 1. The maximum atomic E-state index is 12.7. The zero-order valence-electron chi connectivity index (χ0n) is 19.2. The predicted molar refractivity (Wildman–Crippen MR) is 138 cm³/mol. The molecular weight excluding hydrogens is 473 g/mol. The fraction of sp³-hybridized carbons (Fsp3) is 0.148. The van der Waals surface area contributed by atoms with Gasteiger partial charge >= 0.3 is 0 Å². The number of furan rings is 1. The molecule has 0 aliphatic carbocycles. The van der Waals surface area contributed by atoms with Gasteiger partial charge in [-0.1, -0.05) is 35.3 Å². The van der Waals surface area contributed by atoms with Crippen molar-refractivity contribution < 1.29 is 18.7 Å². The third kappa shape index (κ3) is 4.76. The predicted octanol–water partition coefficient (Wildman–Crippen LogP) is 7.77. The van der Waals surface area contributed by atoms with E-state index in [0.717, 1.165) is 44.5 Å². The molecule has 0 spiro atoms. The number of hydrogen-bond donors (Lipinski definition) is 1. The minimum atomic E-state index is -0.309. The Labute approximate surface area is 207 Å². The number of aryl methyl sites for hydroxylation is 1. The molecule has 0 aliphatic rings. The van der Waals surface area contributed by atoms with E-state index >= 15 is 0 Å². The first-order chi connectivity index (χ1) is 16.3. The number of ether oxygens (including phenoxy) is 2. The smallest absolute Gasteiger partial charge is 0.248 e. The lowest BCUT2D eigenvalue weighted by atomic mass is 9.96. The number of rotatable bonds is 6. The van der Waals surface area contributed by atoms with Crippen LogP contribution in [-0.4, -0.2) is 20.1 Å². The summed E-state index contributed by atoms with van der Waals surface area (Å²) < 4.78 is 17.0. The van der Waals surface area contributed by atoms with Crippen molar-refractivity contribution in [3.05, 3.63) is 82.0 Å². The van der Waals surface area contributed by atoms with Gasteiger partial charge in [-0.2, -0.15) is 0 Å². The summed E-state index contributed by atoms with van der Waals surface area (Å²) in [7, 11) is 3.24. The number of amides is 1. The van der Waals surface area contributed by atoms with Crippen molar-refractivity contribution in [1.82, 2.24) is 0 Å². The van der Waals surface area contributed by atoms with Gasteiger partial charge < -0.3 is 19.2 Å². The van der Waals surface area contributed by atoms with Crippen LogP contribution in [0.4, 0.5) is 5.69 Å². The van der Waals surface area contributed by atoms with Gasteiger partial charge in [0.15, 0.2) is 0 Å². The molecule has 0 fully saturated rings. The summed E-state index contributed by atoms with van der Waals surface area (Å²) in [5, 5.41) is 4.60. The third-order valence-electron chi connectivity index (χ3n) is 5.53. The van der Waals surface area contributed by atoms with Gasteiger partial charge in [0, 0.05) is 43.9 Å². The van der Waals surface area contributed by atoms with Gasteiger partial charge in [-0.05, 0) is 61.4 Å². The summed E-state index contributed by atoms with van der Waals surface area (Å²) in [6, 6.07) is 14.6. The number of carbonyl (C=O) groups is 1. The van der Waals surface area contributed by atoms with Crippen LogP contribution in [0.25, 0.3) is 27.7 Å². The van der Waals surface area contributed by atoms with Crippen LogP contribution in [0, 0.1) is 6.92 Å². The summed E-state index contributed by atoms with van der Waals surface area (Å²) in [4.78, 5) is 12.7. The van der Waals surface area contributed by atoms with Crippen LogP contribution in [0.3, 0.4) is 0 Å². The minimum Gasteiger partial charge on any atom is -0.497 e. The van der Waals surface area contributed by atoms with Crippen LogP contribution in [0.15, 0.2) is 65.3 Å². The van der Waals surface area contributed by atoms with E-state index in [2.05, 4.69) is 5.32 Å². The zero-order chi connectivity index (χ0) is 24.4. The Bertz CT molecular complexity index is 1400. The van der Waals surface area contributed by atoms with Crippen LogP contribution in [-0.2, 0) is 4.79 Å². The van der Waals surface area contributed by atoms with Crippen LogP contribution in [0.2, 0.25) is 10.0 Å². The maximum absolute atomic E-state index is 12.7. The molecule has 4 rings (SSSR count). The minimum absolute atomic E-state index is 0.309. The molecule has 1 amide bonds. The van der Waals surface area contributed by atoms with Gasteiger partial charge in [0.1, 0.15) is 17.1 Å². The van der Waals surface area contributed by atoms with E-state index < -0.39 is 0 Å². The van der Waals surface area contributed by atoms with Gasteiger partial charge in [0.25, 0.3) is 0 Å². The largest absolute Gasteiger partial charge is 0.497 e. The number of allylic oxidation sites excluding steroid dienone is 1. The van der Waals surface area contributed by atoms with Crippen molar-refractivity contribution in [1.29, 1.82) is 0 Å². The second kappa shape index (κ2) is 9.84. The maximum Gasteiger partial charge on any atom is 0.248 e. The highest BCUT2D eigenvalue weighted by Gasteiger charge is 2.19. The SMILES string of the molecule is COc1cccc(-c2coc3c(C)c(OC)c(/C(C)=C/C(=O)Nc4cc(Cl)cc(Cl)c4)cc23)c1. The van der Waals surface area contributed by atoms with E-state index in [0.29, 0.717) is 21.5 Å². The molecule has 5 nitrogen and oxygen atoms in total. The van der Waals surface area contributed by atoms with Crippen molar-refractivity contribution in [2.45, 2.75) is 13.8 Å². The van der Waals surface area contributed by atoms with Crippen molar-refractivity contribution in [2.24, 2.45) is 0 Å². The Morgan fingerprint density at radius 3 is 2.44 bits per heavy atom. The molecular formula is C27H23Cl2NO4. The molecule has 0 atom stereocenters. The van der Waals surface area contributed by atoms with Crippen LogP contribution >= 0.6 is 23.2 Å². The van der Waals surface area contributed by atoms with Crippen molar-refractivity contribution in [3.63, 3.8) is 0 Å². The first kappa shape index (κ1) is 23.7. The molecule has 0 bridgehead atoms. The molecule has 174 valence electrons. The molecule has 34 heavy (non-hydrogen) atoms. The highest BCUT2D eigenvalue weighted by Crippen LogP contribution is 2.41. The quantitative estimate of drug-likeness (QED) is 0.277. The summed E-state index contributed by atoms with van der Waals surface area (Å²) in [5.74, 6) is 1.09. The molecule has 0 radical (unpaired) electrons. The summed E-state index contributed by atoms with van der Waals surface area (Å²) in [6.45, 7) is 3.80. The Balaban J connectivity index is 1.76. The fourth-order valence-electron chi connectivity index (χ4n) is 3.96. The lowest BCUT2D eigenvalue weighted by molar-refractivity contribution is -0.111. The number of halogens is 2. The van der Waals surface area contributed by atoms with Gasteiger partial charge in [0.2, 0.25) is 5.91 Å². The first-order valence-corrected chi connectivity index (χ1v) is 11.2. The molecule has 0 unspecified atom stereocenters. The van der Waals surface area contributed by atoms with Crippen molar-refractivity contribution >= 4 is 51.3 Å². The molecule has 1 N–H and O–H groups in total. The van der Waals surface area contributed by atoms with E-state index in [4.69, 9.17) is 37.1 Å². The Hall–Kier alpha value is -3.41. The van der Waals surface area contributed by atoms with Crippen molar-refractivity contribution in [3.8, 4) is 22.6 Å². The lowest BCUT2D eigenvalue weighted by Crippen LogP contribution is -2.08. The molecule has 1 heterocycles. The van der Waals surface area contributed by atoms with Crippen molar-refractivity contribution in [2.75, 3.05) is 19.5 Å². The Morgan fingerprint density at radius 1 is 1.03 bits per heavy atom. The van der Waals surface area contributed by atoms with Gasteiger partial charge in [0.05, 0.1) is 20.5 Å². The lowest BCUT2D eigenvalue weighted by Gasteiger charge is -2.13. The van der Waals surface area contributed by atoms with Gasteiger partial charge in [-0.3, -0.25) is 4.79 Å². The van der Waals surface area contributed by atoms with E-state index in [1.807, 2.05) is 44.2 Å². The van der Waals surface area contributed by atoms with E-state index in [1.54, 1.807) is 38.7 Å². The topological polar surface area (TPSA) is 60.7 Å². The molecule has 0 aliphatic heterocycles. The van der Waals surface area contributed by atoms with E-state index in [9.17, 15) is 4.79 Å². The molecule has 0 saturated carbocycles. The third-order valence-corrected chi connectivity index (χ3v) is 5.97. The molecule has 7 heteroatoms. The van der Waals surface area contributed by atoms with E-state index in [1.165, 1.54) is 6.08 Å². The summed E-state index contributed by atoms with van der Waals surface area (Å²) in [6.07, 6.45) is 3.24. The molecule has 0 saturated heterocycles. The number of carbonyl (C=O) groups excluding carboxylic acids is 1. The Kier molecular flexibility index (Phi) is 6.87. The van der Waals surface area contributed by atoms with Gasteiger partial charge in [-0.15, -0.1) is 0 Å². The fourth-order valence-corrected chi connectivity index (χ4v) is 4.49. The highest BCUT2D eigenvalue weighted by molar-refractivity contribution is 6.35. The summed E-state index contributed by atoms with van der Waals surface area (Å²) in [5.41, 5.74) is 5.49. The summed E-state index contributed by atoms with van der Waals surface area (Å²) >= 11 is 12.1. The number of hydrogen-bond acceptors (Lipinski definition) is 4. The average Bonchev–Trinajstić information content (AvgIpc) is 3.22. The van der Waals surface area contributed by atoms with Crippen LogP contribution in [0.5, 0.6) is 11.5 Å². The second-order valence-electron chi connectivity index (χ2n) is 7.82. The van der Waals surface area contributed by atoms with Gasteiger partial charge in [-0.25, -0.2) is 0 Å². The molecule has 4 aromatic rings. The molecule has 3 aromatic carbocycles. The Morgan fingerprint density at radius 2 is 1.76 bits per heavy atom. The monoisotopic (exact) mass is 495 g/mol. The average molecular weight is 496 g/mol. The number of anilines is 1.